The molecule has 0 amide bonds. The molecule has 0 N–H and O–H groups in total. The summed E-state index contributed by atoms with van der Waals surface area (Å²) in [6.07, 6.45) is 0. The summed E-state index contributed by atoms with van der Waals surface area (Å²) in [4.78, 5) is 2.47. The molecule has 2 heteroatoms. The van der Waals surface area contributed by atoms with Gasteiger partial charge in [0.25, 0.3) is 0 Å². The van der Waals surface area contributed by atoms with Gasteiger partial charge in [0, 0.05) is 51.3 Å². The summed E-state index contributed by atoms with van der Waals surface area (Å²) in [7, 11) is 2.22. The van der Waals surface area contributed by atoms with Gasteiger partial charge in [-0.25, -0.2) is 0 Å². The first-order valence-electron chi connectivity index (χ1n) is 20.2. The van der Waals surface area contributed by atoms with Crippen LogP contribution in [0, 0.1) is 0 Å². The molecule has 0 fully saturated rings. The lowest BCUT2D eigenvalue weighted by molar-refractivity contribution is 0.660. The molecule has 1 aromatic heterocycles. The van der Waals surface area contributed by atoms with Gasteiger partial charge in [0.15, 0.2) is 0 Å². The van der Waals surface area contributed by atoms with E-state index < -0.39 is 0 Å². The molecule has 8 aromatic carbocycles. The third-order valence-electron chi connectivity index (χ3n) is 13.2. The van der Waals surface area contributed by atoms with Gasteiger partial charge in [-0.05, 0) is 97.4 Å². The number of benzene rings is 8. The summed E-state index contributed by atoms with van der Waals surface area (Å²) in [6, 6.07) is 65.5. The quantitative estimate of drug-likeness (QED) is 0.171. The molecule has 11 rings (SSSR count). The van der Waals surface area contributed by atoms with E-state index in [4.69, 9.17) is 0 Å². The molecule has 2 nitrogen and oxygen atoms in total. The molecule has 0 atom stereocenters. The average molecular weight is 733 g/mol. The van der Waals surface area contributed by atoms with E-state index in [9.17, 15) is 0 Å². The number of hydrogen-bond acceptors (Lipinski definition) is 1. The predicted molar refractivity (Wildman–Crippen MR) is 241 cm³/mol. The smallest absolute Gasteiger partial charge is 0.0568 e. The van der Waals surface area contributed by atoms with Crippen molar-refractivity contribution in [1.82, 2.24) is 4.57 Å². The molecule has 0 aliphatic heterocycles. The van der Waals surface area contributed by atoms with Crippen molar-refractivity contribution < 1.29 is 0 Å². The second-order valence-electron chi connectivity index (χ2n) is 17.0. The van der Waals surface area contributed by atoms with Crippen LogP contribution >= 0.6 is 0 Å². The van der Waals surface area contributed by atoms with Gasteiger partial charge in [-0.1, -0.05) is 167 Å². The van der Waals surface area contributed by atoms with Crippen LogP contribution < -0.4 is 4.90 Å². The highest BCUT2D eigenvalue weighted by Gasteiger charge is 2.37. The van der Waals surface area contributed by atoms with E-state index >= 15 is 0 Å². The van der Waals surface area contributed by atoms with Crippen LogP contribution in [0.4, 0.5) is 17.1 Å². The lowest BCUT2D eigenvalue weighted by Crippen LogP contribution is -2.18. The Morgan fingerprint density at radius 1 is 0.404 bits per heavy atom. The molecular formula is C55H44N2. The minimum absolute atomic E-state index is 0.106. The zero-order valence-electron chi connectivity index (χ0n) is 33.1. The van der Waals surface area contributed by atoms with Gasteiger partial charge in [0.2, 0.25) is 0 Å². The third-order valence-corrected chi connectivity index (χ3v) is 13.2. The van der Waals surface area contributed by atoms with Gasteiger partial charge in [-0.15, -0.1) is 0 Å². The fourth-order valence-corrected chi connectivity index (χ4v) is 10.3. The highest BCUT2D eigenvalue weighted by atomic mass is 15.1. The van der Waals surface area contributed by atoms with E-state index in [0.717, 1.165) is 17.1 Å². The molecule has 0 bridgehead atoms. The molecule has 1 heterocycles. The first-order valence-corrected chi connectivity index (χ1v) is 20.2. The van der Waals surface area contributed by atoms with Gasteiger partial charge in [-0.2, -0.15) is 0 Å². The lowest BCUT2D eigenvalue weighted by atomic mass is 9.82. The number of anilines is 3. The Morgan fingerprint density at radius 3 is 1.53 bits per heavy atom. The highest BCUT2D eigenvalue weighted by molar-refractivity contribution is 6.15. The van der Waals surface area contributed by atoms with Gasteiger partial charge >= 0.3 is 0 Å². The molecule has 0 spiro atoms. The van der Waals surface area contributed by atoms with Crippen LogP contribution in [0.25, 0.3) is 66.3 Å². The van der Waals surface area contributed by atoms with Crippen LogP contribution in [0.1, 0.15) is 49.9 Å². The van der Waals surface area contributed by atoms with Crippen molar-refractivity contribution in [3.8, 4) is 44.6 Å². The maximum absolute atomic E-state index is 2.47. The number of rotatable bonds is 5. The number of aryl methyl sites for hydroxylation is 1. The first kappa shape index (κ1) is 33.7. The van der Waals surface area contributed by atoms with E-state index in [1.807, 2.05) is 0 Å². The first-order chi connectivity index (χ1) is 27.7. The van der Waals surface area contributed by atoms with E-state index in [0.29, 0.717) is 0 Å². The monoisotopic (exact) mass is 732 g/mol. The summed E-state index contributed by atoms with van der Waals surface area (Å²) in [5, 5.41) is 3.79. The Balaban J connectivity index is 1.10. The molecule has 274 valence electrons. The van der Waals surface area contributed by atoms with Crippen LogP contribution in [0.15, 0.2) is 176 Å². The maximum Gasteiger partial charge on any atom is 0.0568 e. The van der Waals surface area contributed by atoms with Crippen molar-refractivity contribution in [2.45, 2.75) is 38.5 Å². The second kappa shape index (κ2) is 12.2. The van der Waals surface area contributed by atoms with Crippen LogP contribution in [-0.2, 0) is 17.9 Å². The fourth-order valence-electron chi connectivity index (χ4n) is 10.3. The number of aromatic nitrogens is 1. The number of fused-ring (bicyclic) bond motifs is 9. The molecule has 9 aromatic rings. The van der Waals surface area contributed by atoms with Crippen molar-refractivity contribution in [3.63, 3.8) is 0 Å². The van der Waals surface area contributed by atoms with Crippen LogP contribution in [0.3, 0.4) is 0 Å². The van der Waals surface area contributed by atoms with Crippen molar-refractivity contribution in [3.05, 3.63) is 198 Å². The molecule has 2 aliphatic carbocycles. The minimum atomic E-state index is -0.106. The van der Waals surface area contributed by atoms with Crippen LogP contribution in [-0.4, -0.2) is 4.57 Å². The zero-order chi connectivity index (χ0) is 38.6. The Bertz CT molecular complexity index is 2960. The SMILES string of the molecule is Cn1c(-c2ccccc2)c(-c2ccc(N(c3ccc4c(c3)C(C)(C)c3ccccc3-4)c3ccc4c(c3)C(C)(C)c3ccccc3-4)cc2)c2ccc3ccccc3c21. The van der Waals surface area contributed by atoms with Gasteiger partial charge in [0.1, 0.15) is 0 Å². The lowest BCUT2D eigenvalue weighted by Gasteiger charge is -2.30. The van der Waals surface area contributed by atoms with E-state index in [-0.39, 0.29) is 10.8 Å². The van der Waals surface area contributed by atoms with Crippen molar-refractivity contribution in [1.29, 1.82) is 0 Å². The van der Waals surface area contributed by atoms with Crippen molar-refractivity contribution in [2.24, 2.45) is 7.05 Å². The van der Waals surface area contributed by atoms with Gasteiger partial charge in [0.05, 0.1) is 11.2 Å². The third kappa shape index (κ3) is 4.83. The van der Waals surface area contributed by atoms with E-state index in [2.05, 4.69) is 220 Å². The molecule has 0 unspecified atom stereocenters. The minimum Gasteiger partial charge on any atom is -0.343 e. The fraction of sp³-hybridized carbons (Fsp3) is 0.127. The van der Waals surface area contributed by atoms with Gasteiger partial charge < -0.3 is 9.47 Å². The molecule has 0 saturated heterocycles. The van der Waals surface area contributed by atoms with Crippen molar-refractivity contribution >= 4 is 38.7 Å². The Labute approximate surface area is 335 Å². The molecule has 57 heavy (non-hydrogen) atoms. The summed E-state index contributed by atoms with van der Waals surface area (Å²) < 4.78 is 2.40. The molecule has 0 radical (unpaired) electrons. The largest absolute Gasteiger partial charge is 0.343 e. The predicted octanol–water partition coefficient (Wildman–Crippen LogP) is 14.7. The Morgan fingerprint density at radius 2 is 0.912 bits per heavy atom. The van der Waals surface area contributed by atoms with E-state index in [1.165, 1.54) is 88.6 Å². The highest BCUT2D eigenvalue weighted by Crippen LogP contribution is 2.53. The Kier molecular flexibility index (Phi) is 7.20. The van der Waals surface area contributed by atoms with E-state index in [1.54, 1.807) is 0 Å². The topological polar surface area (TPSA) is 8.17 Å². The summed E-state index contributed by atoms with van der Waals surface area (Å²) in [5.41, 5.74) is 20.3. The molecule has 0 saturated carbocycles. The molecular weight excluding hydrogens is 689 g/mol. The summed E-state index contributed by atoms with van der Waals surface area (Å²) in [5.74, 6) is 0. The standard InChI is InChI=1S/C55H44N2/c1-54(2)47-21-13-11-19-42(47)44-31-28-39(33-49(44)54)57(40-29-32-45-43-20-12-14-22-48(43)55(3,4)50(45)34-40)38-26-23-36(24-27-38)51-46-30-25-35-15-9-10-18-41(35)53(46)56(5)52(51)37-16-7-6-8-17-37/h6-34H,1-5H3. The number of nitrogens with zero attached hydrogens (tertiary/aromatic N) is 2. The summed E-state index contributed by atoms with van der Waals surface area (Å²) >= 11 is 0. The molecule has 2 aliphatic rings. The summed E-state index contributed by atoms with van der Waals surface area (Å²) in [6.45, 7) is 9.47. The van der Waals surface area contributed by atoms with Crippen LogP contribution in [0.5, 0.6) is 0 Å². The second-order valence-corrected chi connectivity index (χ2v) is 17.0. The maximum atomic E-state index is 2.47. The Hall–Kier alpha value is -6.64. The normalized spacial score (nSPS) is 14.3. The number of hydrogen-bond donors (Lipinski definition) is 0. The van der Waals surface area contributed by atoms with Gasteiger partial charge in [-0.3, -0.25) is 0 Å². The average Bonchev–Trinajstić information content (AvgIpc) is 3.77. The zero-order valence-corrected chi connectivity index (χ0v) is 33.1. The van der Waals surface area contributed by atoms with Crippen molar-refractivity contribution in [2.75, 3.05) is 4.90 Å². The van der Waals surface area contributed by atoms with Crippen LogP contribution in [0.2, 0.25) is 0 Å².